The molecule has 0 aromatic heterocycles. The van der Waals surface area contributed by atoms with Crippen molar-refractivity contribution in [2.45, 2.75) is 64.6 Å². The topological polar surface area (TPSA) is 15.3 Å². The highest BCUT2D eigenvalue weighted by molar-refractivity contribution is 5.20. The lowest BCUT2D eigenvalue weighted by Gasteiger charge is -2.48. The van der Waals surface area contributed by atoms with E-state index in [1.54, 1.807) is 0 Å². The number of rotatable bonds is 2. The van der Waals surface area contributed by atoms with Gasteiger partial charge in [0.15, 0.2) is 0 Å². The molecule has 1 aromatic carbocycles. The van der Waals surface area contributed by atoms with Gasteiger partial charge in [0.2, 0.25) is 0 Å². The molecule has 1 saturated heterocycles. The Balaban J connectivity index is 1.81. The Morgan fingerprint density at radius 3 is 2.67 bits per heavy atom. The summed E-state index contributed by atoms with van der Waals surface area (Å²) in [5.74, 6) is 0. The minimum absolute atomic E-state index is 0.512. The first kappa shape index (κ1) is 15.1. The van der Waals surface area contributed by atoms with Crippen molar-refractivity contribution in [3.63, 3.8) is 0 Å². The number of hydrogen-bond donors (Lipinski definition) is 1. The van der Waals surface area contributed by atoms with E-state index in [0.29, 0.717) is 17.5 Å². The second-order valence-electron chi connectivity index (χ2n) is 7.85. The molecule has 2 nitrogen and oxygen atoms in total. The third kappa shape index (κ3) is 3.49. The van der Waals surface area contributed by atoms with E-state index in [4.69, 9.17) is 0 Å². The molecule has 21 heavy (non-hydrogen) atoms. The van der Waals surface area contributed by atoms with Crippen LogP contribution in [0.3, 0.4) is 0 Å². The van der Waals surface area contributed by atoms with Gasteiger partial charge in [0, 0.05) is 31.2 Å². The van der Waals surface area contributed by atoms with E-state index < -0.39 is 0 Å². The summed E-state index contributed by atoms with van der Waals surface area (Å²) < 4.78 is 0. The Bertz CT molecular complexity index is 454. The van der Waals surface area contributed by atoms with Crippen molar-refractivity contribution in [1.29, 1.82) is 0 Å². The van der Waals surface area contributed by atoms with Gasteiger partial charge in [-0.3, -0.25) is 4.90 Å². The molecular formula is C19H30N2. The van der Waals surface area contributed by atoms with E-state index in [2.05, 4.69) is 61.3 Å². The zero-order chi connectivity index (χ0) is 14.9. The van der Waals surface area contributed by atoms with Crippen molar-refractivity contribution in [2.75, 3.05) is 13.1 Å². The van der Waals surface area contributed by atoms with E-state index in [1.165, 1.54) is 37.8 Å². The fraction of sp³-hybridized carbons (Fsp3) is 0.684. The maximum absolute atomic E-state index is 3.68. The molecule has 1 heterocycles. The number of hydrogen-bond acceptors (Lipinski definition) is 2. The minimum Gasteiger partial charge on any atom is -0.311 e. The van der Waals surface area contributed by atoms with Crippen LogP contribution in [0.5, 0.6) is 0 Å². The predicted octanol–water partition coefficient (Wildman–Crippen LogP) is 3.99. The van der Waals surface area contributed by atoms with Crippen LogP contribution in [0, 0.1) is 5.41 Å². The minimum atomic E-state index is 0.512. The summed E-state index contributed by atoms with van der Waals surface area (Å²) in [6.07, 6.45) is 5.50. The standard InChI is InChI=1S/C19H30N2/c1-15-14-21(17-10-7-11-19(2,3)12-17)18(13-20-15)16-8-5-4-6-9-16/h4-6,8-9,15,17-18,20H,7,10-14H2,1-3H3. The van der Waals surface area contributed by atoms with Crippen molar-refractivity contribution in [3.05, 3.63) is 35.9 Å². The molecule has 3 unspecified atom stereocenters. The van der Waals surface area contributed by atoms with Crippen LogP contribution in [-0.2, 0) is 0 Å². The van der Waals surface area contributed by atoms with E-state index in [-0.39, 0.29) is 0 Å². The molecule has 0 amide bonds. The van der Waals surface area contributed by atoms with Crippen LogP contribution in [0.15, 0.2) is 30.3 Å². The first-order valence-corrected chi connectivity index (χ1v) is 8.59. The van der Waals surface area contributed by atoms with E-state index in [9.17, 15) is 0 Å². The molecule has 0 radical (unpaired) electrons. The van der Waals surface area contributed by atoms with Crippen LogP contribution in [-0.4, -0.2) is 30.1 Å². The van der Waals surface area contributed by atoms with E-state index >= 15 is 0 Å². The smallest absolute Gasteiger partial charge is 0.0476 e. The summed E-state index contributed by atoms with van der Waals surface area (Å²) in [7, 11) is 0. The molecule has 1 N–H and O–H groups in total. The molecule has 2 aliphatic rings. The molecule has 3 atom stereocenters. The molecule has 3 rings (SSSR count). The Hall–Kier alpha value is -0.860. The summed E-state index contributed by atoms with van der Waals surface area (Å²) in [6.45, 7) is 9.48. The number of nitrogens with one attached hydrogen (secondary N) is 1. The van der Waals surface area contributed by atoms with Crippen LogP contribution < -0.4 is 5.32 Å². The van der Waals surface area contributed by atoms with Crippen LogP contribution in [0.25, 0.3) is 0 Å². The van der Waals surface area contributed by atoms with Crippen LogP contribution in [0.4, 0.5) is 0 Å². The summed E-state index contributed by atoms with van der Waals surface area (Å²) in [5, 5.41) is 3.68. The van der Waals surface area contributed by atoms with Gasteiger partial charge in [0.05, 0.1) is 0 Å². The van der Waals surface area contributed by atoms with E-state index in [0.717, 1.165) is 12.6 Å². The van der Waals surface area contributed by atoms with Crippen molar-refractivity contribution >= 4 is 0 Å². The molecule has 2 fully saturated rings. The number of nitrogens with zero attached hydrogens (tertiary/aromatic N) is 1. The lowest BCUT2D eigenvalue weighted by atomic mass is 9.74. The second kappa shape index (κ2) is 6.10. The van der Waals surface area contributed by atoms with Crippen LogP contribution in [0.1, 0.15) is 58.1 Å². The Morgan fingerprint density at radius 2 is 1.95 bits per heavy atom. The maximum Gasteiger partial charge on any atom is 0.0476 e. The molecule has 1 aliphatic carbocycles. The molecule has 1 aromatic rings. The Labute approximate surface area is 129 Å². The van der Waals surface area contributed by atoms with Crippen molar-refractivity contribution in [1.82, 2.24) is 10.2 Å². The fourth-order valence-electron chi connectivity index (χ4n) is 4.27. The average molecular weight is 286 g/mol. The number of piperazine rings is 1. The first-order valence-electron chi connectivity index (χ1n) is 8.59. The molecule has 1 saturated carbocycles. The monoisotopic (exact) mass is 286 g/mol. The van der Waals surface area contributed by atoms with Crippen molar-refractivity contribution < 1.29 is 0 Å². The number of benzene rings is 1. The average Bonchev–Trinajstić information content (AvgIpc) is 2.47. The molecule has 0 bridgehead atoms. The van der Waals surface area contributed by atoms with Gasteiger partial charge in [0.1, 0.15) is 0 Å². The Morgan fingerprint density at radius 1 is 1.19 bits per heavy atom. The van der Waals surface area contributed by atoms with Gasteiger partial charge in [-0.15, -0.1) is 0 Å². The third-order valence-electron chi connectivity index (χ3n) is 5.38. The molecule has 0 spiro atoms. The summed E-state index contributed by atoms with van der Waals surface area (Å²) >= 11 is 0. The van der Waals surface area contributed by atoms with Gasteiger partial charge >= 0.3 is 0 Å². The predicted molar refractivity (Wildman–Crippen MR) is 89.4 cm³/mol. The van der Waals surface area contributed by atoms with Crippen LogP contribution >= 0.6 is 0 Å². The van der Waals surface area contributed by atoms with Crippen molar-refractivity contribution in [3.8, 4) is 0 Å². The van der Waals surface area contributed by atoms with Gasteiger partial charge in [-0.25, -0.2) is 0 Å². The van der Waals surface area contributed by atoms with Crippen molar-refractivity contribution in [2.24, 2.45) is 5.41 Å². The quantitative estimate of drug-likeness (QED) is 0.884. The van der Waals surface area contributed by atoms with Gasteiger partial charge in [-0.1, -0.05) is 50.6 Å². The largest absolute Gasteiger partial charge is 0.311 e. The van der Waals surface area contributed by atoms with Gasteiger partial charge in [-0.2, -0.15) is 0 Å². The zero-order valence-electron chi connectivity index (χ0n) is 13.8. The van der Waals surface area contributed by atoms with Gasteiger partial charge < -0.3 is 5.32 Å². The lowest BCUT2D eigenvalue weighted by Crippen LogP contribution is -2.55. The Kier molecular flexibility index (Phi) is 4.37. The lowest BCUT2D eigenvalue weighted by molar-refractivity contribution is 0.0328. The van der Waals surface area contributed by atoms with Gasteiger partial charge in [0.25, 0.3) is 0 Å². The fourth-order valence-corrected chi connectivity index (χ4v) is 4.27. The molecule has 116 valence electrons. The molecule has 2 heteroatoms. The maximum atomic E-state index is 3.68. The molecule has 1 aliphatic heterocycles. The first-order chi connectivity index (χ1) is 10.1. The normalized spacial score (nSPS) is 33.8. The van der Waals surface area contributed by atoms with Gasteiger partial charge in [-0.05, 0) is 37.2 Å². The van der Waals surface area contributed by atoms with E-state index in [1.807, 2.05) is 0 Å². The second-order valence-corrected chi connectivity index (χ2v) is 7.85. The summed E-state index contributed by atoms with van der Waals surface area (Å²) in [5.41, 5.74) is 1.98. The highest BCUT2D eigenvalue weighted by atomic mass is 15.3. The highest BCUT2D eigenvalue weighted by Crippen LogP contribution is 2.40. The SMILES string of the molecule is CC1CN(C2CCCC(C)(C)C2)C(c2ccccc2)CN1. The summed E-state index contributed by atoms with van der Waals surface area (Å²) in [6, 6.07) is 13.0. The third-order valence-corrected chi connectivity index (χ3v) is 5.38. The van der Waals surface area contributed by atoms with Crippen LogP contribution in [0.2, 0.25) is 0 Å². The summed E-state index contributed by atoms with van der Waals surface area (Å²) in [4.78, 5) is 2.80. The molecular weight excluding hydrogens is 256 g/mol. The highest BCUT2D eigenvalue weighted by Gasteiger charge is 2.37. The zero-order valence-corrected chi connectivity index (χ0v) is 13.8.